The molecule has 1 aromatic rings. The van der Waals surface area contributed by atoms with E-state index in [1.807, 2.05) is 0 Å². The van der Waals surface area contributed by atoms with Crippen LogP contribution in [0.2, 0.25) is 0 Å². The number of barbiturate groups is 1. The number of nitrogens with one attached hydrogen (secondary N) is 1. The van der Waals surface area contributed by atoms with Gasteiger partial charge in [-0.2, -0.15) is 0 Å². The minimum absolute atomic E-state index is 0.0579. The minimum atomic E-state index is -0.723. The Morgan fingerprint density at radius 3 is 2.63 bits per heavy atom. The number of hydrogen-bond acceptors (Lipinski definition) is 5. The molecule has 1 aromatic carbocycles. The molecule has 1 saturated heterocycles. The summed E-state index contributed by atoms with van der Waals surface area (Å²) in [4.78, 5) is 38.6. The van der Waals surface area contributed by atoms with Crippen LogP contribution in [-0.2, 0) is 9.59 Å². The second-order valence-electron chi connectivity index (χ2n) is 6.57. The molecule has 4 amide bonds. The zero-order valence-corrected chi connectivity index (χ0v) is 16.5. The van der Waals surface area contributed by atoms with E-state index in [9.17, 15) is 19.5 Å². The molecule has 8 heteroatoms. The average Bonchev–Trinajstić information content (AvgIpc) is 2.63. The first kappa shape index (κ1) is 19.4. The van der Waals surface area contributed by atoms with Crippen LogP contribution in [-0.4, -0.2) is 40.5 Å². The number of benzene rings is 1. The number of phenolic OH excluding ortho intramolecular Hbond substituents is 1. The zero-order valence-electron chi connectivity index (χ0n) is 15.0. The number of halogens is 1. The molecular weight excluding hydrogens is 416 g/mol. The number of amides is 4. The number of ether oxygens (including phenoxy) is 1. The van der Waals surface area contributed by atoms with Gasteiger partial charge in [0.25, 0.3) is 11.8 Å². The van der Waals surface area contributed by atoms with E-state index in [0.717, 1.165) is 32.1 Å². The summed E-state index contributed by atoms with van der Waals surface area (Å²) in [7, 11) is 0. The average molecular weight is 437 g/mol. The SMILES string of the molecule is CCOc1cc(C=C2C(=O)NC(=O)N(C3CCCCC3)C2=O)cc(Br)c1O. The Morgan fingerprint density at radius 1 is 1.26 bits per heavy atom. The van der Waals surface area contributed by atoms with Gasteiger partial charge in [-0.25, -0.2) is 4.79 Å². The predicted molar refractivity (Wildman–Crippen MR) is 102 cm³/mol. The summed E-state index contributed by atoms with van der Waals surface area (Å²) in [5.74, 6) is -1.13. The molecule has 2 aliphatic rings. The van der Waals surface area contributed by atoms with Gasteiger partial charge in [0.2, 0.25) is 0 Å². The number of carbonyl (C=O) groups is 3. The van der Waals surface area contributed by atoms with Crippen LogP contribution in [0.5, 0.6) is 11.5 Å². The molecule has 2 fully saturated rings. The molecule has 0 spiro atoms. The number of rotatable bonds is 4. The largest absolute Gasteiger partial charge is 0.503 e. The standard InChI is InChI=1S/C19H21BrN2O5/c1-2-27-15-10-11(9-14(20)16(15)23)8-13-17(24)21-19(26)22(18(13)25)12-6-4-3-5-7-12/h8-10,12,23H,2-7H2,1H3,(H,21,24,26). The van der Waals surface area contributed by atoms with Crippen molar-refractivity contribution < 1.29 is 24.2 Å². The van der Waals surface area contributed by atoms with E-state index >= 15 is 0 Å². The summed E-state index contributed by atoms with van der Waals surface area (Å²) in [5, 5.41) is 12.3. The topological polar surface area (TPSA) is 95.9 Å². The third-order valence-corrected chi connectivity index (χ3v) is 5.34. The zero-order chi connectivity index (χ0) is 19.6. The third-order valence-electron chi connectivity index (χ3n) is 4.73. The molecular formula is C19H21BrN2O5. The fourth-order valence-electron chi connectivity index (χ4n) is 3.45. The maximum absolute atomic E-state index is 12.9. The molecule has 0 aromatic heterocycles. The van der Waals surface area contributed by atoms with E-state index < -0.39 is 17.8 Å². The Kier molecular flexibility index (Phi) is 5.84. The number of hydrogen-bond donors (Lipinski definition) is 2. The van der Waals surface area contributed by atoms with Gasteiger partial charge < -0.3 is 9.84 Å². The molecule has 3 rings (SSSR count). The van der Waals surface area contributed by atoms with Crippen LogP contribution in [0.25, 0.3) is 6.08 Å². The first-order chi connectivity index (χ1) is 12.9. The minimum Gasteiger partial charge on any atom is -0.503 e. The van der Waals surface area contributed by atoms with Crippen LogP contribution in [0.1, 0.15) is 44.6 Å². The Morgan fingerprint density at radius 2 is 1.96 bits per heavy atom. The normalized spacial score (nSPS) is 20.1. The maximum Gasteiger partial charge on any atom is 0.331 e. The molecule has 2 N–H and O–H groups in total. The van der Waals surface area contributed by atoms with Crippen LogP contribution in [0.3, 0.4) is 0 Å². The monoisotopic (exact) mass is 436 g/mol. The van der Waals surface area contributed by atoms with E-state index in [1.54, 1.807) is 19.1 Å². The smallest absolute Gasteiger partial charge is 0.331 e. The second-order valence-corrected chi connectivity index (χ2v) is 7.42. The van der Waals surface area contributed by atoms with Gasteiger partial charge >= 0.3 is 6.03 Å². The van der Waals surface area contributed by atoms with Crippen molar-refractivity contribution in [1.82, 2.24) is 10.2 Å². The first-order valence-electron chi connectivity index (χ1n) is 8.98. The quantitative estimate of drug-likeness (QED) is 0.557. The van der Waals surface area contributed by atoms with Gasteiger partial charge in [0, 0.05) is 6.04 Å². The van der Waals surface area contributed by atoms with Crippen molar-refractivity contribution in [1.29, 1.82) is 0 Å². The van der Waals surface area contributed by atoms with Gasteiger partial charge in [0.05, 0.1) is 11.1 Å². The predicted octanol–water partition coefficient (Wildman–Crippen LogP) is 3.35. The lowest BCUT2D eigenvalue weighted by molar-refractivity contribution is -0.132. The summed E-state index contributed by atoms with van der Waals surface area (Å²) in [6.07, 6.45) is 5.91. The molecule has 1 aliphatic carbocycles. The van der Waals surface area contributed by atoms with Crippen molar-refractivity contribution in [3.63, 3.8) is 0 Å². The van der Waals surface area contributed by atoms with E-state index in [2.05, 4.69) is 21.2 Å². The summed E-state index contributed by atoms with van der Waals surface area (Å²) in [6.45, 7) is 2.13. The van der Waals surface area contributed by atoms with Crippen LogP contribution in [0.4, 0.5) is 4.79 Å². The lowest BCUT2D eigenvalue weighted by Crippen LogP contribution is -2.58. The molecule has 1 aliphatic heterocycles. The molecule has 0 bridgehead atoms. The third kappa shape index (κ3) is 4.00. The van der Waals surface area contributed by atoms with Crippen molar-refractivity contribution in [2.24, 2.45) is 0 Å². The van der Waals surface area contributed by atoms with Crippen LogP contribution in [0, 0.1) is 0 Å². The fourth-order valence-corrected chi connectivity index (χ4v) is 3.91. The molecule has 144 valence electrons. The number of nitrogens with zero attached hydrogens (tertiary/aromatic N) is 1. The van der Waals surface area contributed by atoms with Gasteiger partial charge in [-0.05, 0) is 59.5 Å². The van der Waals surface area contributed by atoms with Crippen molar-refractivity contribution in [2.45, 2.75) is 45.1 Å². The van der Waals surface area contributed by atoms with Crippen molar-refractivity contribution >= 4 is 39.9 Å². The fraction of sp³-hybridized carbons (Fsp3) is 0.421. The van der Waals surface area contributed by atoms with Crippen LogP contribution in [0.15, 0.2) is 22.2 Å². The molecule has 1 saturated carbocycles. The highest BCUT2D eigenvalue weighted by atomic mass is 79.9. The van der Waals surface area contributed by atoms with Gasteiger partial charge in [-0.1, -0.05) is 19.3 Å². The molecule has 0 radical (unpaired) electrons. The highest BCUT2D eigenvalue weighted by Gasteiger charge is 2.40. The number of urea groups is 1. The Balaban J connectivity index is 1.95. The number of imide groups is 2. The number of phenols is 1. The van der Waals surface area contributed by atoms with E-state index in [4.69, 9.17) is 4.74 Å². The molecule has 1 heterocycles. The molecule has 27 heavy (non-hydrogen) atoms. The van der Waals surface area contributed by atoms with E-state index in [1.165, 1.54) is 11.0 Å². The maximum atomic E-state index is 12.9. The molecule has 7 nitrogen and oxygen atoms in total. The highest BCUT2D eigenvalue weighted by molar-refractivity contribution is 9.10. The Hall–Kier alpha value is -2.35. The van der Waals surface area contributed by atoms with Crippen molar-refractivity contribution in [3.8, 4) is 11.5 Å². The number of carbonyl (C=O) groups excluding carboxylic acids is 3. The summed E-state index contributed by atoms with van der Waals surface area (Å²) < 4.78 is 5.75. The summed E-state index contributed by atoms with van der Waals surface area (Å²) in [5.41, 5.74) is 0.389. The number of aromatic hydroxyl groups is 1. The first-order valence-corrected chi connectivity index (χ1v) is 9.77. The Labute approximate surface area is 165 Å². The van der Waals surface area contributed by atoms with E-state index in [-0.39, 0.29) is 23.1 Å². The molecule has 0 unspecified atom stereocenters. The lowest BCUT2D eigenvalue weighted by atomic mass is 9.93. The summed E-state index contributed by atoms with van der Waals surface area (Å²) >= 11 is 3.24. The van der Waals surface area contributed by atoms with Crippen molar-refractivity contribution in [3.05, 3.63) is 27.7 Å². The van der Waals surface area contributed by atoms with Crippen molar-refractivity contribution in [2.75, 3.05) is 6.61 Å². The van der Waals surface area contributed by atoms with Gasteiger partial charge in [-0.15, -0.1) is 0 Å². The van der Waals surface area contributed by atoms with Crippen LogP contribution < -0.4 is 10.1 Å². The van der Waals surface area contributed by atoms with Crippen LogP contribution >= 0.6 is 15.9 Å². The van der Waals surface area contributed by atoms with Gasteiger partial charge in [0.15, 0.2) is 11.5 Å². The van der Waals surface area contributed by atoms with E-state index in [0.29, 0.717) is 16.6 Å². The highest BCUT2D eigenvalue weighted by Crippen LogP contribution is 2.36. The second kappa shape index (κ2) is 8.12. The molecule has 0 atom stereocenters. The van der Waals surface area contributed by atoms with Gasteiger partial charge in [-0.3, -0.25) is 19.8 Å². The lowest BCUT2D eigenvalue weighted by Gasteiger charge is -2.35. The summed E-state index contributed by atoms with van der Waals surface area (Å²) in [6, 6.07) is 2.27. The Bertz CT molecular complexity index is 815. The van der Waals surface area contributed by atoms with Gasteiger partial charge in [0.1, 0.15) is 5.57 Å².